The molecule has 2 amide bonds. The van der Waals surface area contributed by atoms with Crippen LogP contribution in [-0.2, 0) is 30.5 Å². The number of primary amides is 1. The SMILES string of the molecule is CCOC(=O)C1=C(C(N)=O)SC2C=CC=C12.NCc1cccc(C(=O)N(CC(=O)O)c2ccccc2)c1.O=C(O)C(F)(F)F. The molecule has 44 heavy (non-hydrogen) atoms. The predicted octanol–water partition coefficient (Wildman–Crippen LogP) is 3.41. The summed E-state index contributed by atoms with van der Waals surface area (Å²) in [4.78, 5) is 57.0. The molecule has 2 aromatic rings. The number of anilines is 1. The zero-order valence-electron chi connectivity index (χ0n) is 23.1. The van der Waals surface area contributed by atoms with Gasteiger partial charge in [0.25, 0.3) is 11.8 Å². The number of hydrogen-bond donors (Lipinski definition) is 4. The van der Waals surface area contributed by atoms with Gasteiger partial charge in [0.2, 0.25) is 0 Å². The van der Waals surface area contributed by atoms with Crippen molar-refractivity contribution in [2.24, 2.45) is 11.5 Å². The van der Waals surface area contributed by atoms with E-state index in [9.17, 15) is 32.3 Å². The first-order valence-electron chi connectivity index (χ1n) is 12.7. The summed E-state index contributed by atoms with van der Waals surface area (Å²) in [6, 6.07) is 15.6. The summed E-state index contributed by atoms with van der Waals surface area (Å²) >= 11 is 1.30. The molecule has 2 aliphatic rings. The third-order valence-electron chi connectivity index (χ3n) is 5.59. The van der Waals surface area contributed by atoms with E-state index < -0.39 is 36.5 Å². The zero-order valence-corrected chi connectivity index (χ0v) is 23.9. The average Bonchev–Trinajstić information content (AvgIpc) is 3.58. The summed E-state index contributed by atoms with van der Waals surface area (Å²) in [6.07, 6.45) is 0.527. The van der Waals surface area contributed by atoms with Crippen molar-refractivity contribution in [2.45, 2.75) is 24.9 Å². The summed E-state index contributed by atoms with van der Waals surface area (Å²) in [5.41, 5.74) is 13.7. The Morgan fingerprint density at radius 1 is 1.02 bits per heavy atom. The van der Waals surface area contributed by atoms with Crippen molar-refractivity contribution in [3.8, 4) is 0 Å². The molecule has 11 nitrogen and oxygen atoms in total. The molecule has 0 radical (unpaired) electrons. The van der Waals surface area contributed by atoms with Crippen LogP contribution in [0.25, 0.3) is 0 Å². The molecule has 0 aromatic heterocycles. The topological polar surface area (TPSA) is 190 Å². The number of alkyl halides is 3. The Labute approximate surface area is 253 Å². The lowest BCUT2D eigenvalue weighted by Gasteiger charge is -2.21. The first kappa shape index (κ1) is 35.3. The zero-order chi connectivity index (χ0) is 33.0. The fourth-order valence-electron chi connectivity index (χ4n) is 3.71. The van der Waals surface area contributed by atoms with Crippen LogP contribution in [0.5, 0.6) is 0 Å². The van der Waals surface area contributed by atoms with Gasteiger partial charge in [-0.25, -0.2) is 9.59 Å². The number of halogens is 3. The Morgan fingerprint density at radius 2 is 1.66 bits per heavy atom. The lowest BCUT2D eigenvalue weighted by atomic mass is 10.1. The second kappa shape index (κ2) is 16.1. The number of rotatable bonds is 8. The summed E-state index contributed by atoms with van der Waals surface area (Å²) in [5.74, 6) is -5.23. The smallest absolute Gasteiger partial charge is 0.480 e. The molecule has 6 N–H and O–H groups in total. The number of thioether (sulfide) groups is 1. The molecule has 4 rings (SSSR count). The van der Waals surface area contributed by atoms with Crippen LogP contribution in [0.1, 0.15) is 22.8 Å². The number of aliphatic carboxylic acids is 2. The Bertz CT molecular complexity index is 1490. The van der Waals surface area contributed by atoms with Crippen molar-refractivity contribution in [3.63, 3.8) is 0 Å². The van der Waals surface area contributed by atoms with E-state index >= 15 is 0 Å². The first-order valence-corrected chi connectivity index (χ1v) is 13.5. The van der Waals surface area contributed by atoms with Crippen molar-refractivity contribution in [2.75, 3.05) is 18.1 Å². The minimum Gasteiger partial charge on any atom is -0.480 e. The van der Waals surface area contributed by atoms with Crippen LogP contribution in [-0.4, -0.2) is 64.5 Å². The standard InChI is InChI=1S/C16H16N2O3.C11H11NO3S.C2HF3O2/c17-10-12-5-4-6-13(9-12)16(21)18(11-15(19)20)14-7-2-1-3-8-14;1-2-15-11(14)8-6-4-3-5-7(6)16-9(8)10(12)13;3-2(4,5)1(6)7/h1-9H,10-11,17H2,(H,19,20);3-5,7H,2H2,1H3,(H2,12,13);(H,6,7). The number of nitrogens with two attached hydrogens (primary N) is 2. The number of hydrogen-bond acceptors (Lipinski definition) is 8. The van der Waals surface area contributed by atoms with Gasteiger partial charge in [0.15, 0.2) is 0 Å². The Morgan fingerprint density at radius 3 is 2.18 bits per heavy atom. The fraction of sp³-hybridized carbons (Fsp3) is 0.207. The van der Waals surface area contributed by atoms with E-state index in [2.05, 4.69) is 0 Å². The average molecular weight is 636 g/mol. The maximum Gasteiger partial charge on any atom is 0.490 e. The number of carbonyl (C=O) groups is 5. The van der Waals surface area contributed by atoms with Gasteiger partial charge in [-0.15, -0.1) is 11.8 Å². The van der Waals surface area contributed by atoms with E-state index in [1.807, 2.05) is 30.4 Å². The van der Waals surface area contributed by atoms with Crippen molar-refractivity contribution in [1.82, 2.24) is 0 Å². The molecular formula is C29H28F3N3O8S. The molecule has 1 unspecified atom stereocenters. The molecule has 0 spiro atoms. The molecule has 1 heterocycles. The Balaban J connectivity index is 0.000000259. The van der Waals surface area contributed by atoms with E-state index in [0.29, 0.717) is 28.3 Å². The molecule has 15 heteroatoms. The molecule has 0 fully saturated rings. The van der Waals surface area contributed by atoms with E-state index in [0.717, 1.165) is 11.1 Å². The highest BCUT2D eigenvalue weighted by Gasteiger charge is 2.38. The van der Waals surface area contributed by atoms with Crippen LogP contribution in [0.3, 0.4) is 0 Å². The van der Waals surface area contributed by atoms with Gasteiger partial charge in [0, 0.05) is 17.8 Å². The van der Waals surface area contributed by atoms with Gasteiger partial charge in [-0.05, 0) is 42.3 Å². The highest BCUT2D eigenvalue weighted by Crippen LogP contribution is 2.45. The minimum atomic E-state index is -5.08. The van der Waals surface area contributed by atoms with E-state index in [4.69, 9.17) is 31.2 Å². The summed E-state index contributed by atoms with van der Waals surface area (Å²) in [7, 11) is 0. The lowest BCUT2D eigenvalue weighted by Crippen LogP contribution is -2.35. The van der Waals surface area contributed by atoms with Crippen LogP contribution >= 0.6 is 11.8 Å². The highest BCUT2D eigenvalue weighted by atomic mass is 32.2. The largest absolute Gasteiger partial charge is 0.490 e. The van der Waals surface area contributed by atoms with Gasteiger partial charge in [0.1, 0.15) is 6.54 Å². The molecule has 1 aliphatic carbocycles. The predicted molar refractivity (Wildman–Crippen MR) is 155 cm³/mol. The number of amides is 2. The summed E-state index contributed by atoms with van der Waals surface area (Å²) in [6.45, 7) is 1.94. The van der Waals surface area contributed by atoms with Crippen LogP contribution in [0.4, 0.5) is 18.9 Å². The van der Waals surface area contributed by atoms with E-state index in [-0.39, 0.29) is 17.8 Å². The third kappa shape index (κ3) is 9.84. The van der Waals surface area contributed by atoms with Gasteiger partial charge < -0.3 is 26.4 Å². The third-order valence-corrected chi connectivity index (χ3v) is 6.90. The number of carboxylic acid groups (broad SMARTS) is 2. The van der Waals surface area contributed by atoms with Gasteiger partial charge in [0.05, 0.1) is 22.3 Å². The minimum absolute atomic E-state index is 0.0295. The second-order valence-electron chi connectivity index (χ2n) is 8.66. The normalized spacial score (nSPS) is 14.7. The molecule has 0 saturated heterocycles. The number of fused-ring (bicyclic) bond motifs is 1. The number of carboxylic acids is 2. The maximum atomic E-state index is 12.6. The van der Waals surface area contributed by atoms with E-state index in [1.54, 1.807) is 49.4 Å². The summed E-state index contributed by atoms with van der Waals surface area (Å²) < 4.78 is 36.7. The maximum absolute atomic E-state index is 12.6. The van der Waals surface area contributed by atoms with E-state index in [1.165, 1.54) is 16.7 Å². The van der Waals surface area contributed by atoms with Gasteiger partial charge in [-0.1, -0.05) is 48.6 Å². The Kier molecular flexibility index (Phi) is 12.9. The molecule has 1 aliphatic heterocycles. The molecule has 0 saturated carbocycles. The van der Waals surface area contributed by atoms with Crippen molar-refractivity contribution < 1.29 is 52.1 Å². The van der Waals surface area contributed by atoms with Crippen molar-refractivity contribution in [1.29, 1.82) is 0 Å². The quantitative estimate of drug-likeness (QED) is 0.313. The van der Waals surface area contributed by atoms with Crippen LogP contribution in [0.15, 0.2) is 88.9 Å². The number of para-hydroxylation sites is 1. The van der Waals surface area contributed by atoms with Gasteiger partial charge in [-0.3, -0.25) is 19.3 Å². The number of carbonyl (C=O) groups excluding carboxylic acids is 3. The molecular weight excluding hydrogens is 607 g/mol. The highest BCUT2D eigenvalue weighted by molar-refractivity contribution is 8.05. The first-order chi connectivity index (χ1) is 20.7. The molecule has 2 aromatic carbocycles. The summed E-state index contributed by atoms with van der Waals surface area (Å²) in [5, 5.41) is 16.2. The Hall–Kier alpha value is -4.89. The molecule has 1 atom stereocenters. The number of benzene rings is 2. The lowest BCUT2D eigenvalue weighted by molar-refractivity contribution is -0.192. The molecule has 234 valence electrons. The second-order valence-corrected chi connectivity index (χ2v) is 9.81. The number of allylic oxidation sites excluding steroid dienone is 2. The van der Waals surface area contributed by atoms with Gasteiger partial charge in [-0.2, -0.15) is 13.2 Å². The number of nitrogens with zero attached hydrogens (tertiary/aromatic N) is 1. The van der Waals surface area contributed by atoms with Crippen LogP contribution in [0, 0.1) is 0 Å². The van der Waals surface area contributed by atoms with Crippen molar-refractivity contribution >= 4 is 47.2 Å². The van der Waals surface area contributed by atoms with Gasteiger partial charge >= 0.3 is 24.1 Å². The molecule has 0 bridgehead atoms. The fourth-order valence-corrected chi connectivity index (χ4v) is 4.89. The number of ether oxygens (including phenoxy) is 1. The van der Waals surface area contributed by atoms with Crippen LogP contribution in [0.2, 0.25) is 0 Å². The van der Waals surface area contributed by atoms with Crippen molar-refractivity contribution in [3.05, 3.63) is 100 Å². The van der Waals surface area contributed by atoms with Crippen LogP contribution < -0.4 is 16.4 Å². The monoisotopic (exact) mass is 635 g/mol. The number of esters is 1.